The van der Waals surface area contributed by atoms with Crippen molar-refractivity contribution in [1.82, 2.24) is 0 Å². The van der Waals surface area contributed by atoms with E-state index in [0.29, 0.717) is 0 Å². The number of rotatable bonds is 9. The molecule has 0 saturated carbocycles. The Labute approximate surface area is 162 Å². The van der Waals surface area contributed by atoms with Crippen LogP contribution in [0.25, 0.3) is 0 Å². The van der Waals surface area contributed by atoms with Gasteiger partial charge < -0.3 is 0 Å². The Kier molecular flexibility index (Phi) is 7.33. The molecule has 0 N–H and O–H groups in total. The van der Waals surface area contributed by atoms with E-state index in [4.69, 9.17) is 3.07 Å². The summed E-state index contributed by atoms with van der Waals surface area (Å²) in [7, 11) is 0. The first-order valence-corrected chi connectivity index (χ1v) is 15.1. The van der Waals surface area contributed by atoms with Gasteiger partial charge >= 0.3 is 163 Å². The summed E-state index contributed by atoms with van der Waals surface area (Å²) >= 11 is -3.46. The van der Waals surface area contributed by atoms with E-state index in [1.165, 1.54) is 30.0 Å². The molecule has 0 aliphatic heterocycles. The van der Waals surface area contributed by atoms with Crippen molar-refractivity contribution in [1.29, 1.82) is 0 Å². The normalized spacial score (nSPS) is 11.4. The van der Waals surface area contributed by atoms with Crippen LogP contribution in [-0.2, 0) is 3.07 Å². The molecular weight excluding hydrogens is 423 g/mol. The van der Waals surface area contributed by atoms with E-state index in [1.54, 1.807) is 0 Å². The number of hydrogen-bond donors (Lipinski definition) is 0. The summed E-state index contributed by atoms with van der Waals surface area (Å²) in [6.45, 7) is 3.09. The molecule has 0 bridgehead atoms. The quantitative estimate of drug-likeness (QED) is 0.349. The summed E-state index contributed by atoms with van der Waals surface area (Å²) in [5, 5.41) is 0. The average molecular weight is 451 g/mol. The van der Waals surface area contributed by atoms with Crippen LogP contribution in [0.4, 0.5) is 0 Å². The van der Waals surface area contributed by atoms with Crippen LogP contribution in [0.5, 0.6) is 0 Å². The third kappa shape index (κ3) is 4.39. The van der Waals surface area contributed by atoms with Crippen LogP contribution in [0.1, 0.15) is 32.6 Å². The van der Waals surface area contributed by atoms with E-state index in [0.717, 1.165) is 13.0 Å². The molecule has 3 aromatic rings. The van der Waals surface area contributed by atoms with E-state index in [2.05, 4.69) is 97.9 Å². The summed E-state index contributed by atoms with van der Waals surface area (Å²) in [4.78, 5) is 0. The fourth-order valence-corrected chi connectivity index (χ4v) is 14.8. The standard InChI is InChI=1S/C6H13O.3C6H5.Sn/c1-2-3-4-5-6-7;3*1-2-4-6-5-3-1;/h2-6H2,1H3;3*1-5H;/q-1;;;;+1. The van der Waals surface area contributed by atoms with Gasteiger partial charge in [0, 0.05) is 0 Å². The van der Waals surface area contributed by atoms with Crippen LogP contribution < -0.4 is 10.7 Å². The molecule has 26 heavy (non-hydrogen) atoms. The Balaban J connectivity index is 2.06. The van der Waals surface area contributed by atoms with Crippen molar-refractivity contribution in [3.63, 3.8) is 0 Å². The minimum atomic E-state index is -3.46. The van der Waals surface area contributed by atoms with Crippen LogP contribution in [-0.4, -0.2) is 25.4 Å². The van der Waals surface area contributed by atoms with E-state index in [-0.39, 0.29) is 0 Å². The third-order valence-corrected chi connectivity index (χ3v) is 16.5. The maximum atomic E-state index is 6.94. The van der Waals surface area contributed by atoms with Gasteiger partial charge in [-0.3, -0.25) is 0 Å². The number of benzene rings is 3. The summed E-state index contributed by atoms with van der Waals surface area (Å²) < 4.78 is 11.1. The molecule has 3 aromatic carbocycles. The van der Waals surface area contributed by atoms with Crippen LogP contribution in [0, 0.1) is 0 Å². The molecule has 0 aliphatic carbocycles. The molecule has 0 aromatic heterocycles. The van der Waals surface area contributed by atoms with E-state index in [1.807, 2.05) is 0 Å². The van der Waals surface area contributed by atoms with Crippen molar-refractivity contribution in [2.75, 3.05) is 6.61 Å². The molecule has 0 heterocycles. The topological polar surface area (TPSA) is 9.23 Å². The zero-order valence-corrected chi connectivity index (χ0v) is 18.5. The molecular formula is C24H28OSn. The molecule has 134 valence electrons. The predicted octanol–water partition coefficient (Wildman–Crippen LogP) is 4.25. The van der Waals surface area contributed by atoms with Gasteiger partial charge in [-0.2, -0.15) is 0 Å². The molecule has 0 fully saturated rings. The fraction of sp³-hybridized carbons (Fsp3) is 0.250. The zero-order valence-electron chi connectivity index (χ0n) is 15.6. The molecule has 2 heteroatoms. The van der Waals surface area contributed by atoms with Gasteiger partial charge in [0.2, 0.25) is 0 Å². The molecule has 3 rings (SSSR count). The molecule has 0 atom stereocenters. The van der Waals surface area contributed by atoms with Gasteiger partial charge in [-0.1, -0.05) is 0 Å². The van der Waals surface area contributed by atoms with E-state index in [9.17, 15) is 0 Å². The van der Waals surface area contributed by atoms with Gasteiger partial charge in [-0.25, -0.2) is 0 Å². The van der Waals surface area contributed by atoms with Gasteiger partial charge in [0.25, 0.3) is 0 Å². The average Bonchev–Trinajstić information content (AvgIpc) is 2.73. The maximum absolute atomic E-state index is 6.94. The molecule has 1 nitrogen and oxygen atoms in total. The van der Waals surface area contributed by atoms with Gasteiger partial charge in [-0.05, 0) is 0 Å². The molecule has 0 radical (unpaired) electrons. The van der Waals surface area contributed by atoms with E-state index < -0.39 is 18.8 Å². The summed E-state index contributed by atoms with van der Waals surface area (Å²) in [5.41, 5.74) is 0. The molecule has 0 spiro atoms. The second kappa shape index (κ2) is 9.94. The second-order valence-corrected chi connectivity index (χ2v) is 16.3. The van der Waals surface area contributed by atoms with Crippen molar-refractivity contribution < 1.29 is 3.07 Å². The van der Waals surface area contributed by atoms with Gasteiger partial charge in [0.15, 0.2) is 0 Å². The van der Waals surface area contributed by atoms with Crippen LogP contribution in [0.2, 0.25) is 0 Å². The van der Waals surface area contributed by atoms with Crippen molar-refractivity contribution in [2.45, 2.75) is 32.6 Å². The molecule has 0 unspecified atom stereocenters. The van der Waals surface area contributed by atoms with E-state index >= 15 is 0 Å². The molecule has 0 saturated heterocycles. The Morgan fingerprint density at radius 2 is 1.00 bits per heavy atom. The summed E-state index contributed by atoms with van der Waals surface area (Å²) in [6, 6.07) is 32.8. The number of hydrogen-bond acceptors (Lipinski definition) is 1. The van der Waals surface area contributed by atoms with Crippen molar-refractivity contribution in [3.8, 4) is 0 Å². The van der Waals surface area contributed by atoms with Crippen LogP contribution in [0.3, 0.4) is 0 Å². The Bertz CT molecular complexity index is 659. The molecule has 0 amide bonds. The van der Waals surface area contributed by atoms with Crippen molar-refractivity contribution >= 4 is 29.5 Å². The Morgan fingerprint density at radius 3 is 1.38 bits per heavy atom. The summed E-state index contributed by atoms with van der Waals surface area (Å²) in [6.07, 6.45) is 4.92. The molecule has 0 aliphatic rings. The fourth-order valence-electron chi connectivity index (χ4n) is 3.52. The first-order chi connectivity index (χ1) is 12.9. The van der Waals surface area contributed by atoms with Crippen molar-refractivity contribution in [3.05, 3.63) is 91.0 Å². The van der Waals surface area contributed by atoms with Gasteiger partial charge in [-0.15, -0.1) is 0 Å². The van der Waals surface area contributed by atoms with Crippen LogP contribution >= 0.6 is 0 Å². The number of unbranched alkanes of at least 4 members (excludes halogenated alkanes) is 3. The minimum absolute atomic E-state index is 0.842. The Morgan fingerprint density at radius 1 is 0.577 bits per heavy atom. The summed E-state index contributed by atoms with van der Waals surface area (Å²) in [5.74, 6) is 0. The predicted molar refractivity (Wildman–Crippen MR) is 114 cm³/mol. The third-order valence-electron chi connectivity index (χ3n) is 4.86. The van der Waals surface area contributed by atoms with Crippen molar-refractivity contribution in [2.24, 2.45) is 0 Å². The Hall–Kier alpha value is -1.58. The van der Waals surface area contributed by atoms with Crippen LogP contribution in [0.15, 0.2) is 91.0 Å². The monoisotopic (exact) mass is 452 g/mol. The SMILES string of the molecule is CCCCCC[O][Sn]([c]1ccccc1)([c]1ccccc1)[c]1ccccc1. The van der Waals surface area contributed by atoms with Gasteiger partial charge in [0.05, 0.1) is 0 Å². The first-order valence-electron chi connectivity index (χ1n) is 9.68. The van der Waals surface area contributed by atoms with Gasteiger partial charge in [0.1, 0.15) is 0 Å². The first kappa shape index (κ1) is 19.2. The zero-order chi connectivity index (χ0) is 18.1. The second-order valence-electron chi connectivity index (χ2n) is 6.69.